The molecule has 1 aliphatic heterocycles. The molecule has 0 spiro atoms. The van der Waals surface area contributed by atoms with Gasteiger partial charge >= 0.3 is 0 Å². The molecule has 0 aromatic heterocycles. The molecule has 2 aromatic carbocycles. The summed E-state index contributed by atoms with van der Waals surface area (Å²) in [6.45, 7) is 3.50. The van der Waals surface area contributed by atoms with E-state index in [-0.39, 0.29) is 23.6 Å². The van der Waals surface area contributed by atoms with E-state index in [1.807, 2.05) is 42.2 Å². The van der Waals surface area contributed by atoms with E-state index in [1.54, 1.807) is 23.1 Å². The average Bonchev–Trinajstić information content (AvgIpc) is 2.81. The van der Waals surface area contributed by atoms with Crippen LogP contribution in [0.3, 0.4) is 0 Å². The number of rotatable bonds is 4. The summed E-state index contributed by atoms with van der Waals surface area (Å²) in [7, 11) is 0. The minimum atomic E-state index is -0.145. The van der Waals surface area contributed by atoms with Crippen LogP contribution in [0.2, 0.25) is 0 Å². The third-order valence-corrected chi connectivity index (χ3v) is 4.84. The second-order valence-corrected chi connectivity index (χ2v) is 6.62. The molecule has 136 valence electrons. The molecule has 0 bridgehead atoms. The Bertz CT molecular complexity index is 776. The number of aromatic hydroxyl groups is 1. The van der Waals surface area contributed by atoms with Crippen LogP contribution in [0.5, 0.6) is 5.75 Å². The molecule has 5 nitrogen and oxygen atoms in total. The first-order valence-electron chi connectivity index (χ1n) is 9.00. The quantitative estimate of drug-likeness (QED) is 0.920. The smallest absolute Gasteiger partial charge is 0.254 e. The molecule has 26 heavy (non-hydrogen) atoms. The molecular formula is C21H24N2O3. The first kappa shape index (κ1) is 18.0. The number of amides is 2. The van der Waals surface area contributed by atoms with E-state index < -0.39 is 0 Å². The van der Waals surface area contributed by atoms with E-state index in [4.69, 9.17) is 0 Å². The fourth-order valence-electron chi connectivity index (χ4n) is 3.37. The van der Waals surface area contributed by atoms with Crippen LogP contribution >= 0.6 is 0 Å². The van der Waals surface area contributed by atoms with Gasteiger partial charge in [0, 0.05) is 37.7 Å². The first-order valence-corrected chi connectivity index (χ1v) is 9.00. The summed E-state index contributed by atoms with van der Waals surface area (Å²) in [5.41, 5.74) is 1.54. The highest BCUT2D eigenvalue weighted by Crippen LogP contribution is 2.20. The summed E-state index contributed by atoms with van der Waals surface area (Å²) in [6.07, 6.45) is 1.09. The van der Waals surface area contributed by atoms with Crippen molar-refractivity contribution in [2.24, 2.45) is 0 Å². The molecule has 2 aromatic rings. The molecule has 1 saturated heterocycles. The van der Waals surface area contributed by atoms with Gasteiger partial charge in [0.25, 0.3) is 5.91 Å². The van der Waals surface area contributed by atoms with Crippen LogP contribution in [-0.4, -0.2) is 45.9 Å². The molecule has 5 heteroatoms. The molecule has 0 aliphatic carbocycles. The average molecular weight is 352 g/mol. The largest absolute Gasteiger partial charge is 0.508 e. The monoisotopic (exact) mass is 352 g/mol. The van der Waals surface area contributed by atoms with Crippen molar-refractivity contribution in [2.45, 2.75) is 32.4 Å². The highest BCUT2D eigenvalue weighted by Gasteiger charge is 2.31. The Morgan fingerprint density at radius 3 is 2.62 bits per heavy atom. The van der Waals surface area contributed by atoms with Gasteiger partial charge in [0.15, 0.2) is 0 Å². The fraction of sp³-hybridized carbons (Fsp3) is 0.333. The Balaban J connectivity index is 1.78. The predicted octanol–water partition coefficient (Wildman–Crippen LogP) is 3.05. The number of phenols is 1. The number of phenolic OH excluding ortho intramolecular Hbond substituents is 1. The fourth-order valence-corrected chi connectivity index (χ4v) is 3.37. The second kappa shape index (κ2) is 8.04. The maximum absolute atomic E-state index is 12.8. The third kappa shape index (κ3) is 4.04. The molecule has 1 heterocycles. The summed E-state index contributed by atoms with van der Waals surface area (Å²) >= 11 is 0. The Labute approximate surface area is 153 Å². The number of carbonyl (C=O) groups is 2. The minimum Gasteiger partial charge on any atom is -0.508 e. The van der Waals surface area contributed by atoms with E-state index in [0.29, 0.717) is 31.6 Å². The van der Waals surface area contributed by atoms with Crippen molar-refractivity contribution < 1.29 is 14.7 Å². The lowest BCUT2D eigenvalue weighted by atomic mass is 10.1. The van der Waals surface area contributed by atoms with E-state index >= 15 is 0 Å². The van der Waals surface area contributed by atoms with E-state index in [0.717, 1.165) is 12.0 Å². The van der Waals surface area contributed by atoms with Crippen LogP contribution in [0.15, 0.2) is 54.6 Å². The molecule has 1 N–H and O–H groups in total. The van der Waals surface area contributed by atoms with Gasteiger partial charge in [-0.15, -0.1) is 0 Å². The molecule has 1 fully saturated rings. The summed E-state index contributed by atoms with van der Waals surface area (Å²) in [5, 5.41) is 9.63. The van der Waals surface area contributed by atoms with E-state index in [9.17, 15) is 14.7 Å². The predicted molar refractivity (Wildman–Crippen MR) is 99.7 cm³/mol. The zero-order valence-corrected chi connectivity index (χ0v) is 15.0. The van der Waals surface area contributed by atoms with Crippen molar-refractivity contribution in [1.29, 1.82) is 0 Å². The lowest BCUT2D eigenvalue weighted by Crippen LogP contribution is -2.43. The zero-order valence-electron chi connectivity index (χ0n) is 15.0. The molecule has 0 saturated carbocycles. The molecule has 0 radical (unpaired) electrons. The lowest BCUT2D eigenvalue weighted by molar-refractivity contribution is -0.133. The second-order valence-electron chi connectivity index (χ2n) is 6.62. The molecule has 1 aliphatic rings. The topological polar surface area (TPSA) is 60.9 Å². The van der Waals surface area contributed by atoms with Gasteiger partial charge in [-0.3, -0.25) is 9.59 Å². The number of carbonyl (C=O) groups excluding carboxylic acids is 2. The molecule has 1 unspecified atom stereocenters. The molecule has 3 rings (SSSR count). The summed E-state index contributed by atoms with van der Waals surface area (Å²) < 4.78 is 0. The number of nitrogens with zero attached hydrogens (tertiary/aromatic N) is 2. The van der Waals surface area contributed by atoms with Gasteiger partial charge in [-0.05, 0) is 30.2 Å². The van der Waals surface area contributed by atoms with Crippen LogP contribution in [0, 0.1) is 0 Å². The van der Waals surface area contributed by atoms with Crippen LogP contribution in [0.1, 0.15) is 35.7 Å². The number of hydrogen-bond acceptors (Lipinski definition) is 3. The van der Waals surface area contributed by atoms with Gasteiger partial charge < -0.3 is 14.9 Å². The number of hydrogen-bond donors (Lipinski definition) is 1. The van der Waals surface area contributed by atoms with Gasteiger partial charge in [0.2, 0.25) is 5.91 Å². The highest BCUT2D eigenvalue weighted by molar-refractivity contribution is 5.95. The first-order chi connectivity index (χ1) is 12.6. The normalized spacial score (nSPS) is 17.9. The van der Waals surface area contributed by atoms with Crippen molar-refractivity contribution in [2.75, 3.05) is 13.1 Å². The molecule has 2 amide bonds. The van der Waals surface area contributed by atoms with Crippen molar-refractivity contribution >= 4 is 11.8 Å². The van der Waals surface area contributed by atoms with Crippen LogP contribution in [0.25, 0.3) is 0 Å². The van der Waals surface area contributed by atoms with Gasteiger partial charge in [-0.25, -0.2) is 0 Å². The van der Waals surface area contributed by atoms with Crippen LogP contribution in [0.4, 0.5) is 0 Å². The van der Waals surface area contributed by atoms with Crippen molar-refractivity contribution in [1.82, 2.24) is 9.80 Å². The van der Waals surface area contributed by atoms with Crippen molar-refractivity contribution in [3.05, 3.63) is 65.7 Å². The van der Waals surface area contributed by atoms with Crippen LogP contribution in [-0.2, 0) is 11.3 Å². The van der Waals surface area contributed by atoms with Crippen molar-refractivity contribution in [3.8, 4) is 5.75 Å². The Morgan fingerprint density at radius 1 is 1.15 bits per heavy atom. The molecule has 1 atom stereocenters. The third-order valence-electron chi connectivity index (χ3n) is 4.84. The zero-order chi connectivity index (χ0) is 18.5. The summed E-state index contributed by atoms with van der Waals surface area (Å²) in [6, 6.07) is 16.3. The van der Waals surface area contributed by atoms with E-state index in [1.165, 1.54) is 6.07 Å². The van der Waals surface area contributed by atoms with Gasteiger partial charge in [0.1, 0.15) is 5.75 Å². The van der Waals surface area contributed by atoms with Crippen molar-refractivity contribution in [3.63, 3.8) is 0 Å². The van der Waals surface area contributed by atoms with Gasteiger partial charge in [0.05, 0.1) is 0 Å². The minimum absolute atomic E-state index is 0.0218. The Kier molecular flexibility index (Phi) is 5.56. The van der Waals surface area contributed by atoms with E-state index in [2.05, 4.69) is 0 Å². The summed E-state index contributed by atoms with van der Waals surface area (Å²) in [4.78, 5) is 29.1. The van der Waals surface area contributed by atoms with Crippen LogP contribution < -0.4 is 0 Å². The maximum Gasteiger partial charge on any atom is 0.254 e. The SMILES string of the molecule is CCC1CN(C(=O)c2cccc(O)c2)CCC(=O)N1Cc1ccccc1. The Morgan fingerprint density at radius 2 is 1.92 bits per heavy atom. The standard InChI is InChI=1S/C21H24N2O3/c1-2-18-15-22(21(26)17-9-6-10-19(24)13-17)12-11-20(25)23(18)14-16-7-4-3-5-8-16/h3-10,13,18,24H,2,11-12,14-15H2,1H3. The molecular weight excluding hydrogens is 328 g/mol. The summed E-state index contributed by atoms with van der Waals surface area (Å²) in [5.74, 6) is 0.000108. The Hall–Kier alpha value is -2.82. The number of benzene rings is 2. The maximum atomic E-state index is 12.8. The van der Waals surface area contributed by atoms with Gasteiger partial charge in [-0.1, -0.05) is 43.3 Å². The highest BCUT2D eigenvalue weighted by atomic mass is 16.3. The van der Waals surface area contributed by atoms with Gasteiger partial charge in [-0.2, -0.15) is 0 Å². The lowest BCUT2D eigenvalue weighted by Gasteiger charge is -2.31.